The lowest BCUT2D eigenvalue weighted by Gasteiger charge is -2.19. The minimum absolute atomic E-state index is 0.143. The number of aromatic nitrogens is 3. The maximum absolute atomic E-state index is 6.12. The number of fused-ring (bicyclic) bond motifs is 3. The Labute approximate surface area is 221 Å². The van der Waals surface area contributed by atoms with Gasteiger partial charge in [-0.05, 0) is 58.5 Å². The van der Waals surface area contributed by atoms with Gasteiger partial charge >= 0.3 is 0 Å². The molecule has 0 aliphatic carbocycles. The Hall–Kier alpha value is -3.89. The zero-order valence-electron chi connectivity index (χ0n) is 21.2. The Kier molecular flexibility index (Phi) is 5.85. The summed E-state index contributed by atoms with van der Waals surface area (Å²) in [6.45, 7) is 7.45. The second-order valence-corrected chi connectivity index (χ2v) is 10.8. The van der Waals surface area contributed by atoms with Gasteiger partial charge < -0.3 is 8.98 Å². The number of aryl methyl sites for hydroxylation is 1. The third-order valence-corrected chi connectivity index (χ3v) is 7.14. The maximum atomic E-state index is 6.12. The molecule has 0 fully saturated rings. The summed E-state index contributed by atoms with van der Waals surface area (Å²) in [6.07, 6.45) is 0. The summed E-state index contributed by atoms with van der Waals surface area (Å²) in [7, 11) is 0. The van der Waals surface area contributed by atoms with Crippen LogP contribution in [0.3, 0.4) is 0 Å². The van der Waals surface area contributed by atoms with Crippen molar-refractivity contribution in [3.05, 3.63) is 96.6 Å². The van der Waals surface area contributed by atoms with Gasteiger partial charge in [0.15, 0.2) is 0 Å². The van der Waals surface area contributed by atoms with Crippen molar-refractivity contribution in [2.45, 2.75) is 32.7 Å². The number of halogens is 1. The van der Waals surface area contributed by atoms with E-state index in [0.717, 1.165) is 34.1 Å². The molecule has 4 nitrogen and oxygen atoms in total. The third kappa shape index (κ3) is 4.32. The summed E-state index contributed by atoms with van der Waals surface area (Å²) < 4.78 is 8.38. The first-order valence-electron chi connectivity index (χ1n) is 12.5. The first kappa shape index (κ1) is 23.5. The fourth-order valence-electron chi connectivity index (χ4n) is 4.94. The number of para-hydroxylation sites is 1. The average molecular weight is 506 g/mol. The number of rotatable bonds is 5. The van der Waals surface area contributed by atoms with Crippen molar-refractivity contribution in [3.8, 4) is 34.0 Å². The second-order valence-electron chi connectivity index (χ2n) is 10.4. The van der Waals surface area contributed by atoms with Crippen LogP contribution in [0.4, 0.5) is 0 Å². The zero-order chi connectivity index (χ0) is 25.6. The van der Waals surface area contributed by atoms with Crippen LogP contribution in [-0.4, -0.2) is 20.6 Å². The van der Waals surface area contributed by atoms with Crippen LogP contribution in [0, 0.1) is 0 Å². The normalized spacial score (nSPS) is 12.0. The van der Waals surface area contributed by atoms with Gasteiger partial charge in [0.05, 0.1) is 0 Å². The molecule has 0 unspecified atom stereocenters. The Morgan fingerprint density at radius 3 is 1.92 bits per heavy atom. The van der Waals surface area contributed by atoms with E-state index in [1.165, 1.54) is 22.0 Å². The minimum Gasteiger partial charge on any atom is -0.416 e. The summed E-state index contributed by atoms with van der Waals surface area (Å²) in [5, 5.41) is 11.0. The highest BCUT2D eigenvalue weighted by molar-refractivity contribution is 6.18. The van der Waals surface area contributed by atoms with Crippen LogP contribution in [-0.2, 0) is 12.0 Å². The quantitative estimate of drug-likeness (QED) is 0.220. The molecule has 0 saturated heterocycles. The molecular weight excluding hydrogens is 478 g/mol. The Bertz CT molecular complexity index is 1700. The summed E-state index contributed by atoms with van der Waals surface area (Å²) in [5.41, 5.74) is 7.93. The number of alkyl halides is 1. The van der Waals surface area contributed by atoms with Crippen LogP contribution in [0.15, 0.2) is 95.4 Å². The fourth-order valence-corrected chi connectivity index (χ4v) is 5.11. The molecule has 0 amide bonds. The molecule has 0 N–H and O–H groups in total. The van der Waals surface area contributed by atoms with Crippen LogP contribution in [0.1, 0.15) is 26.3 Å². The van der Waals surface area contributed by atoms with Gasteiger partial charge in [0.1, 0.15) is 0 Å². The molecule has 0 aliphatic heterocycles. The first-order chi connectivity index (χ1) is 17.9. The Balaban J connectivity index is 1.30. The summed E-state index contributed by atoms with van der Waals surface area (Å²) in [5.74, 6) is 1.58. The van der Waals surface area contributed by atoms with Crippen molar-refractivity contribution in [1.82, 2.24) is 14.8 Å². The van der Waals surface area contributed by atoms with Crippen molar-refractivity contribution in [2.24, 2.45) is 0 Å². The smallest absolute Gasteiger partial charge is 0.248 e. The van der Waals surface area contributed by atoms with Gasteiger partial charge in [-0.15, -0.1) is 21.8 Å². The molecule has 0 spiro atoms. The van der Waals surface area contributed by atoms with E-state index in [0.29, 0.717) is 17.7 Å². The van der Waals surface area contributed by atoms with Gasteiger partial charge in [0, 0.05) is 45.4 Å². The zero-order valence-corrected chi connectivity index (χ0v) is 22.0. The van der Waals surface area contributed by atoms with Crippen LogP contribution in [0.25, 0.3) is 55.8 Å². The molecular formula is C32H28ClN3O. The van der Waals surface area contributed by atoms with E-state index < -0.39 is 0 Å². The van der Waals surface area contributed by atoms with E-state index >= 15 is 0 Å². The van der Waals surface area contributed by atoms with Crippen molar-refractivity contribution in [1.29, 1.82) is 0 Å². The number of nitrogens with zero attached hydrogens (tertiary/aromatic N) is 3. The van der Waals surface area contributed by atoms with Crippen LogP contribution >= 0.6 is 11.6 Å². The molecule has 37 heavy (non-hydrogen) atoms. The summed E-state index contributed by atoms with van der Waals surface area (Å²) in [4.78, 5) is 0. The lowest BCUT2D eigenvalue weighted by atomic mass is 9.86. The SMILES string of the molecule is CC(C)(C)c1ccc(-c2ccc(-c3nnc(-c4ccc5c(c4)c4ccccc4n5CCCl)o3)cc2)cc1. The highest BCUT2D eigenvalue weighted by Gasteiger charge is 2.16. The molecule has 6 aromatic rings. The number of benzene rings is 4. The minimum atomic E-state index is 0.143. The number of hydrogen-bond acceptors (Lipinski definition) is 3. The molecule has 184 valence electrons. The number of hydrogen-bond donors (Lipinski definition) is 0. The van der Waals surface area contributed by atoms with E-state index in [4.69, 9.17) is 16.0 Å². The molecule has 0 atom stereocenters. The van der Waals surface area contributed by atoms with Crippen LogP contribution < -0.4 is 0 Å². The average Bonchev–Trinajstić information content (AvgIpc) is 3.53. The van der Waals surface area contributed by atoms with Gasteiger partial charge in [0.2, 0.25) is 11.8 Å². The molecule has 0 aliphatic rings. The molecule has 2 heterocycles. The van der Waals surface area contributed by atoms with Crippen molar-refractivity contribution in [2.75, 3.05) is 5.88 Å². The van der Waals surface area contributed by atoms with Gasteiger partial charge in [-0.1, -0.05) is 75.4 Å². The van der Waals surface area contributed by atoms with Crippen LogP contribution in [0.2, 0.25) is 0 Å². The first-order valence-corrected chi connectivity index (χ1v) is 13.1. The van der Waals surface area contributed by atoms with E-state index in [1.54, 1.807) is 0 Å². The van der Waals surface area contributed by atoms with Crippen molar-refractivity contribution < 1.29 is 4.42 Å². The molecule has 0 radical (unpaired) electrons. The Morgan fingerprint density at radius 2 is 1.24 bits per heavy atom. The Morgan fingerprint density at radius 1 is 0.676 bits per heavy atom. The monoisotopic (exact) mass is 505 g/mol. The largest absolute Gasteiger partial charge is 0.416 e. The lowest BCUT2D eigenvalue weighted by molar-refractivity contribution is 0.584. The molecule has 6 rings (SSSR count). The van der Waals surface area contributed by atoms with E-state index in [2.05, 4.69) is 108 Å². The van der Waals surface area contributed by atoms with Gasteiger partial charge in [-0.2, -0.15) is 0 Å². The molecule has 0 saturated carbocycles. The fraction of sp³-hybridized carbons (Fsp3) is 0.188. The predicted molar refractivity (Wildman–Crippen MR) is 153 cm³/mol. The molecule has 0 bridgehead atoms. The predicted octanol–water partition coefficient (Wildman–Crippen LogP) is 8.71. The van der Waals surface area contributed by atoms with Crippen molar-refractivity contribution in [3.63, 3.8) is 0 Å². The van der Waals surface area contributed by atoms with Crippen LogP contribution in [0.5, 0.6) is 0 Å². The van der Waals surface area contributed by atoms with Crippen molar-refractivity contribution >= 4 is 33.4 Å². The maximum Gasteiger partial charge on any atom is 0.248 e. The third-order valence-electron chi connectivity index (χ3n) is 6.97. The molecule has 2 aromatic heterocycles. The van der Waals surface area contributed by atoms with Gasteiger partial charge in [-0.25, -0.2) is 0 Å². The standard InChI is InChI=1S/C32H28ClN3O/c1-32(2,3)25-15-12-22(13-16-25)21-8-10-23(11-9-21)30-34-35-31(37-30)24-14-17-29-27(20-24)26-6-4-5-7-28(26)36(29)19-18-33/h4-17,20H,18-19H2,1-3H3. The summed E-state index contributed by atoms with van der Waals surface area (Å²) in [6, 6.07) is 31.7. The highest BCUT2D eigenvalue weighted by Crippen LogP contribution is 2.34. The topological polar surface area (TPSA) is 43.9 Å². The molecule has 5 heteroatoms. The lowest BCUT2D eigenvalue weighted by Crippen LogP contribution is -2.10. The highest BCUT2D eigenvalue weighted by atomic mass is 35.5. The van der Waals surface area contributed by atoms with Gasteiger partial charge in [-0.3, -0.25) is 0 Å². The van der Waals surface area contributed by atoms with E-state index in [9.17, 15) is 0 Å². The van der Waals surface area contributed by atoms with E-state index in [-0.39, 0.29) is 5.41 Å². The summed E-state index contributed by atoms with van der Waals surface area (Å²) >= 11 is 6.09. The second kappa shape index (κ2) is 9.20. The van der Waals surface area contributed by atoms with E-state index in [1.807, 2.05) is 18.2 Å². The van der Waals surface area contributed by atoms with Gasteiger partial charge in [0.25, 0.3) is 0 Å². The molecule has 4 aromatic carbocycles.